The SMILES string of the molecule is CCc1oc2ccccc2c1CC(=O)Nc1nc(C)c(C)[nH]1. The zero-order chi connectivity index (χ0) is 15.7. The zero-order valence-electron chi connectivity index (χ0n) is 13.0. The van der Waals surface area contributed by atoms with E-state index in [1.54, 1.807) is 0 Å². The van der Waals surface area contributed by atoms with Crippen LogP contribution in [0.25, 0.3) is 11.0 Å². The number of nitrogens with one attached hydrogen (secondary N) is 2. The quantitative estimate of drug-likeness (QED) is 0.774. The smallest absolute Gasteiger partial charge is 0.231 e. The summed E-state index contributed by atoms with van der Waals surface area (Å²) in [7, 11) is 0. The van der Waals surface area contributed by atoms with Crippen molar-refractivity contribution in [3.63, 3.8) is 0 Å². The average Bonchev–Trinajstić information content (AvgIpc) is 3.00. The number of imidazole rings is 1. The lowest BCUT2D eigenvalue weighted by Crippen LogP contribution is -2.16. The number of hydrogen-bond acceptors (Lipinski definition) is 3. The van der Waals surface area contributed by atoms with Crippen LogP contribution in [0.1, 0.15) is 29.6 Å². The van der Waals surface area contributed by atoms with Crippen molar-refractivity contribution in [3.05, 3.63) is 47.0 Å². The van der Waals surface area contributed by atoms with Gasteiger partial charge in [0.25, 0.3) is 0 Å². The van der Waals surface area contributed by atoms with Crippen LogP contribution < -0.4 is 5.32 Å². The van der Waals surface area contributed by atoms with Gasteiger partial charge in [0.05, 0.1) is 12.1 Å². The first-order chi connectivity index (χ1) is 10.6. The van der Waals surface area contributed by atoms with E-state index in [-0.39, 0.29) is 12.3 Å². The van der Waals surface area contributed by atoms with Gasteiger partial charge in [0.15, 0.2) is 0 Å². The summed E-state index contributed by atoms with van der Waals surface area (Å²) < 4.78 is 5.82. The Kier molecular flexibility index (Phi) is 3.71. The summed E-state index contributed by atoms with van der Waals surface area (Å²) in [6.07, 6.45) is 1.04. The van der Waals surface area contributed by atoms with Gasteiger partial charge in [-0.15, -0.1) is 0 Å². The minimum absolute atomic E-state index is 0.102. The predicted octanol–water partition coefficient (Wildman–Crippen LogP) is 3.52. The van der Waals surface area contributed by atoms with Gasteiger partial charge >= 0.3 is 0 Å². The number of para-hydroxylation sites is 1. The summed E-state index contributed by atoms with van der Waals surface area (Å²) in [4.78, 5) is 19.6. The second kappa shape index (κ2) is 5.67. The lowest BCUT2D eigenvalue weighted by molar-refractivity contribution is -0.115. The Balaban J connectivity index is 1.84. The number of hydrogen-bond donors (Lipinski definition) is 2. The summed E-state index contributed by atoms with van der Waals surface area (Å²) in [6, 6.07) is 7.80. The zero-order valence-corrected chi connectivity index (χ0v) is 13.0. The normalized spacial score (nSPS) is 11.0. The highest BCUT2D eigenvalue weighted by Gasteiger charge is 2.16. The molecule has 0 saturated carbocycles. The third-order valence-corrected chi connectivity index (χ3v) is 3.83. The molecule has 2 N–H and O–H groups in total. The second-order valence-electron chi connectivity index (χ2n) is 5.37. The first-order valence-electron chi connectivity index (χ1n) is 7.40. The highest BCUT2D eigenvalue weighted by molar-refractivity contribution is 5.94. The summed E-state index contributed by atoms with van der Waals surface area (Å²) in [5.41, 5.74) is 3.62. The second-order valence-corrected chi connectivity index (χ2v) is 5.37. The van der Waals surface area contributed by atoms with Crippen molar-refractivity contribution < 1.29 is 9.21 Å². The topological polar surface area (TPSA) is 70.9 Å². The maximum Gasteiger partial charge on any atom is 0.231 e. The van der Waals surface area contributed by atoms with Crippen LogP contribution in [0.5, 0.6) is 0 Å². The molecule has 114 valence electrons. The number of rotatable bonds is 4. The highest BCUT2D eigenvalue weighted by atomic mass is 16.3. The van der Waals surface area contributed by atoms with Gasteiger partial charge < -0.3 is 9.40 Å². The molecule has 0 aliphatic carbocycles. The number of carbonyl (C=O) groups excluding carboxylic acids is 1. The van der Waals surface area contributed by atoms with Gasteiger partial charge in [0.2, 0.25) is 11.9 Å². The van der Waals surface area contributed by atoms with E-state index in [1.165, 1.54) is 0 Å². The predicted molar refractivity (Wildman–Crippen MR) is 86.0 cm³/mol. The van der Waals surface area contributed by atoms with Gasteiger partial charge in [-0.3, -0.25) is 10.1 Å². The lowest BCUT2D eigenvalue weighted by atomic mass is 10.1. The van der Waals surface area contributed by atoms with Gasteiger partial charge in [0.1, 0.15) is 11.3 Å². The van der Waals surface area contributed by atoms with Crippen LogP contribution in [0.2, 0.25) is 0 Å². The summed E-state index contributed by atoms with van der Waals surface area (Å²) in [6.45, 7) is 5.86. The van der Waals surface area contributed by atoms with Crippen molar-refractivity contribution in [2.75, 3.05) is 5.32 Å². The molecule has 5 heteroatoms. The number of aromatic nitrogens is 2. The third-order valence-electron chi connectivity index (χ3n) is 3.83. The molecule has 3 rings (SSSR count). The Hall–Kier alpha value is -2.56. The first-order valence-corrected chi connectivity index (χ1v) is 7.40. The number of aromatic amines is 1. The molecular formula is C17H19N3O2. The Morgan fingerprint density at radius 2 is 2.09 bits per heavy atom. The molecular weight excluding hydrogens is 278 g/mol. The number of anilines is 1. The van der Waals surface area contributed by atoms with E-state index in [2.05, 4.69) is 15.3 Å². The molecule has 0 unspecified atom stereocenters. The fourth-order valence-electron chi connectivity index (χ4n) is 2.57. The van der Waals surface area contributed by atoms with E-state index >= 15 is 0 Å². The molecule has 1 aromatic carbocycles. The Labute approximate surface area is 128 Å². The molecule has 2 aromatic heterocycles. The van der Waals surface area contributed by atoms with Gasteiger partial charge in [-0.2, -0.15) is 0 Å². The van der Waals surface area contributed by atoms with Crippen molar-refractivity contribution in [2.45, 2.75) is 33.6 Å². The van der Waals surface area contributed by atoms with Crippen molar-refractivity contribution in [1.82, 2.24) is 9.97 Å². The van der Waals surface area contributed by atoms with E-state index in [0.717, 1.165) is 40.1 Å². The summed E-state index contributed by atoms with van der Waals surface area (Å²) >= 11 is 0. The van der Waals surface area contributed by atoms with Crippen LogP contribution in [0.3, 0.4) is 0 Å². The molecule has 3 aromatic rings. The molecule has 0 bridgehead atoms. The molecule has 5 nitrogen and oxygen atoms in total. The number of furan rings is 1. The van der Waals surface area contributed by atoms with E-state index in [1.807, 2.05) is 45.0 Å². The van der Waals surface area contributed by atoms with E-state index in [9.17, 15) is 4.79 Å². The van der Waals surface area contributed by atoms with Crippen LogP contribution in [0.15, 0.2) is 28.7 Å². The average molecular weight is 297 g/mol. The van der Waals surface area contributed by atoms with Crippen LogP contribution >= 0.6 is 0 Å². The number of H-pyrrole nitrogens is 1. The van der Waals surface area contributed by atoms with Crippen LogP contribution in [0.4, 0.5) is 5.95 Å². The number of nitrogens with zero attached hydrogens (tertiary/aromatic N) is 1. The van der Waals surface area contributed by atoms with E-state index in [4.69, 9.17) is 4.42 Å². The van der Waals surface area contributed by atoms with Gasteiger partial charge in [0, 0.05) is 23.1 Å². The maximum atomic E-state index is 12.3. The molecule has 0 aliphatic heterocycles. The molecule has 0 saturated heterocycles. The molecule has 0 radical (unpaired) electrons. The van der Waals surface area contributed by atoms with Crippen LogP contribution in [0, 0.1) is 13.8 Å². The lowest BCUT2D eigenvalue weighted by Gasteiger charge is -2.02. The van der Waals surface area contributed by atoms with E-state index in [0.29, 0.717) is 5.95 Å². The Morgan fingerprint density at radius 3 is 2.77 bits per heavy atom. The van der Waals surface area contributed by atoms with Gasteiger partial charge in [-0.1, -0.05) is 25.1 Å². The number of benzene rings is 1. The Bertz CT molecular complexity index is 810. The van der Waals surface area contributed by atoms with Crippen LogP contribution in [-0.4, -0.2) is 15.9 Å². The summed E-state index contributed by atoms with van der Waals surface area (Å²) in [5, 5.41) is 3.81. The minimum Gasteiger partial charge on any atom is -0.461 e. The molecule has 1 amide bonds. The van der Waals surface area contributed by atoms with Crippen molar-refractivity contribution in [1.29, 1.82) is 0 Å². The van der Waals surface area contributed by atoms with Crippen LogP contribution in [-0.2, 0) is 17.6 Å². The largest absolute Gasteiger partial charge is 0.461 e. The number of aryl methyl sites for hydroxylation is 3. The molecule has 0 atom stereocenters. The minimum atomic E-state index is -0.102. The third kappa shape index (κ3) is 2.62. The fourth-order valence-corrected chi connectivity index (χ4v) is 2.57. The van der Waals surface area contributed by atoms with E-state index < -0.39 is 0 Å². The van der Waals surface area contributed by atoms with Crippen molar-refractivity contribution in [3.8, 4) is 0 Å². The maximum absolute atomic E-state index is 12.3. The van der Waals surface area contributed by atoms with Crippen molar-refractivity contribution in [2.24, 2.45) is 0 Å². The van der Waals surface area contributed by atoms with Gasteiger partial charge in [-0.05, 0) is 19.9 Å². The Morgan fingerprint density at radius 1 is 1.32 bits per heavy atom. The number of amides is 1. The summed E-state index contributed by atoms with van der Waals surface area (Å²) in [5.74, 6) is 1.25. The number of carbonyl (C=O) groups is 1. The molecule has 0 fully saturated rings. The molecule has 0 aliphatic rings. The monoisotopic (exact) mass is 297 g/mol. The molecule has 22 heavy (non-hydrogen) atoms. The highest BCUT2D eigenvalue weighted by Crippen LogP contribution is 2.27. The number of fused-ring (bicyclic) bond motifs is 1. The van der Waals surface area contributed by atoms with Gasteiger partial charge in [-0.25, -0.2) is 4.98 Å². The fraction of sp³-hybridized carbons (Fsp3) is 0.294. The standard InChI is InChI=1S/C17H19N3O2/c1-4-14-13(12-7-5-6-8-15(12)22-14)9-16(21)20-17-18-10(2)11(3)19-17/h5-8H,4,9H2,1-3H3,(H2,18,19,20,21). The first kappa shape index (κ1) is 14.4. The molecule has 0 spiro atoms. The molecule has 2 heterocycles. The van der Waals surface area contributed by atoms with Crippen molar-refractivity contribution >= 4 is 22.8 Å².